The van der Waals surface area contributed by atoms with Gasteiger partial charge in [0.05, 0.1) is 6.54 Å². The normalized spacial score (nSPS) is 14.0. The molecule has 2 amide bonds. The van der Waals surface area contributed by atoms with Gasteiger partial charge in [0.2, 0.25) is 0 Å². The summed E-state index contributed by atoms with van der Waals surface area (Å²) in [5, 5.41) is 0. The molecule has 2 aliphatic carbocycles. The highest BCUT2D eigenvalue weighted by Crippen LogP contribution is 2.46. The summed E-state index contributed by atoms with van der Waals surface area (Å²) in [7, 11) is 1.55. The van der Waals surface area contributed by atoms with Gasteiger partial charge in [0.1, 0.15) is 79.9 Å². The van der Waals surface area contributed by atoms with Crippen LogP contribution in [-0.2, 0) is 23.9 Å². The van der Waals surface area contributed by atoms with Gasteiger partial charge in [-0.3, -0.25) is 19.2 Å². The van der Waals surface area contributed by atoms with Crippen molar-refractivity contribution in [1.82, 2.24) is 29.7 Å². The highest BCUT2D eigenvalue weighted by Gasteiger charge is 2.32. The summed E-state index contributed by atoms with van der Waals surface area (Å²) >= 11 is 0. The van der Waals surface area contributed by atoms with Gasteiger partial charge < -0.3 is 51.3 Å². The maximum atomic E-state index is 12.4. The van der Waals surface area contributed by atoms with Crippen LogP contribution in [-0.4, -0.2) is 126 Å². The molecule has 1 fully saturated rings. The van der Waals surface area contributed by atoms with Gasteiger partial charge in [-0.15, -0.1) is 0 Å². The lowest BCUT2D eigenvalue weighted by atomic mass is 9.94. The summed E-state index contributed by atoms with van der Waals surface area (Å²) < 4.78 is 31.6. The number of nitrogens with zero attached hydrogens (tertiary/aromatic N) is 6. The van der Waals surface area contributed by atoms with Gasteiger partial charge in [-0.1, -0.05) is 206 Å². The van der Waals surface area contributed by atoms with Crippen LogP contribution in [0.15, 0.2) is 140 Å². The Kier molecular flexibility index (Phi) is 34.6. The van der Waals surface area contributed by atoms with E-state index in [0.29, 0.717) is 115 Å². The van der Waals surface area contributed by atoms with E-state index < -0.39 is 6.09 Å². The summed E-state index contributed by atoms with van der Waals surface area (Å²) in [5.74, 6) is 5.19. The van der Waals surface area contributed by atoms with Gasteiger partial charge in [0, 0.05) is 67.5 Å². The Labute approximate surface area is 593 Å². The number of amides is 2. The first-order valence-corrected chi connectivity index (χ1v) is 34.8. The quantitative estimate of drug-likeness (QED) is 0.0538. The largest absolute Gasteiger partial charge is 0.448 e. The zero-order chi connectivity index (χ0) is 74.0. The molecule has 1 aliphatic heterocycles. The van der Waals surface area contributed by atoms with Crippen LogP contribution >= 0.6 is 0 Å². The molecule has 3 aliphatic rings. The molecule has 0 bridgehead atoms. The number of aldehydes is 7. The van der Waals surface area contributed by atoms with Crippen LogP contribution in [0, 0.1) is 23.7 Å². The average molecular weight is 1390 g/mol. The number of hydrogen-bond acceptors (Lipinski definition) is 19. The van der Waals surface area contributed by atoms with Crippen LogP contribution in [0.1, 0.15) is 251 Å². The van der Waals surface area contributed by atoms with E-state index in [-0.39, 0.29) is 60.7 Å². The molecule has 21 nitrogen and oxygen atoms in total. The minimum absolute atomic E-state index is 0.0384. The number of likely N-dealkylation sites (N-methyl/N-ethyl adjacent to an activating group) is 1. The smallest absolute Gasteiger partial charge is 0.409 e. The molecule has 4 aromatic heterocycles. The van der Waals surface area contributed by atoms with Crippen molar-refractivity contribution >= 4 is 56.2 Å². The van der Waals surface area contributed by atoms with Gasteiger partial charge in [0.15, 0.2) is 48.7 Å². The fraction of sp³-hybridized carbons (Fsp3) is 0.438. The van der Waals surface area contributed by atoms with Crippen molar-refractivity contribution in [2.45, 2.75) is 164 Å². The van der Waals surface area contributed by atoms with Crippen LogP contribution in [0.2, 0.25) is 0 Å². The Morgan fingerprint density at radius 2 is 0.881 bits per heavy atom. The Bertz CT molecular complexity index is 3710. The van der Waals surface area contributed by atoms with Gasteiger partial charge in [-0.05, 0) is 75.6 Å². The van der Waals surface area contributed by atoms with E-state index in [9.17, 15) is 43.2 Å². The van der Waals surface area contributed by atoms with Crippen molar-refractivity contribution in [2.24, 2.45) is 23.7 Å². The van der Waals surface area contributed by atoms with Crippen molar-refractivity contribution in [3.63, 3.8) is 0 Å². The molecule has 0 N–H and O–H groups in total. The summed E-state index contributed by atoms with van der Waals surface area (Å²) in [5.41, 5.74) is 11.1. The average Bonchev–Trinajstić information content (AvgIpc) is 1.62. The van der Waals surface area contributed by atoms with E-state index >= 15 is 0 Å². The summed E-state index contributed by atoms with van der Waals surface area (Å²) in [6.45, 7) is 26.4. The van der Waals surface area contributed by atoms with E-state index in [0.717, 1.165) is 44.7 Å². The lowest BCUT2D eigenvalue weighted by Gasteiger charge is -2.29. The topological polar surface area (TPSA) is 283 Å². The Morgan fingerprint density at radius 3 is 1.21 bits per heavy atom. The molecular formula is C80H100N6O15. The maximum Gasteiger partial charge on any atom is 0.409 e. The molecule has 8 aromatic rings. The molecule has 0 spiro atoms. The second-order valence-electron chi connectivity index (χ2n) is 26.0. The van der Waals surface area contributed by atoms with Crippen molar-refractivity contribution in [3.8, 4) is 22.3 Å². The van der Waals surface area contributed by atoms with Crippen LogP contribution < -0.4 is 0 Å². The second-order valence-corrected chi connectivity index (χ2v) is 26.0. The van der Waals surface area contributed by atoms with Crippen LogP contribution in [0.4, 0.5) is 9.59 Å². The zero-order valence-electron chi connectivity index (χ0n) is 60.7. The third-order valence-corrected chi connectivity index (χ3v) is 17.9. The monoisotopic (exact) mass is 1380 g/mol. The molecule has 0 saturated carbocycles. The summed E-state index contributed by atoms with van der Waals surface area (Å²) in [6, 6.07) is 33.0. The third kappa shape index (κ3) is 24.4. The fourth-order valence-electron chi connectivity index (χ4n) is 11.0. The highest BCUT2D eigenvalue weighted by molar-refractivity contribution is 5.81. The minimum Gasteiger partial charge on any atom is -0.448 e. The molecule has 0 radical (unpaired) electrons. The van der Waals surface area contributed by atoms with Gasteiger partial charge in [-0.2, -0.15) is 0 Å². The standard InChI is InChI=1S/C21H21NO3.C18H17NO3.3C10H15NO2.C7H9NO2.C4H8O/c23-13-15-9-11-22(12-10-15)21(24)25-14-20-18-7-3-1-5-16(18)17-6-2-4-8-19(17)20;1-19(10-11-20)18(21)22-12-17-15-8-4-2-6-13(15)14-7-3-5-9-16(14)17;2*1-4-7(2)8(3)10-11-9(5-12)6-13-10;1-3-4-5-8(2)10-11-9(6-12)7-13-10;1-5(2)7-8-6(3-9)4-10-7;1-4(2)3-5/h1-8,13,15,20H,9-12,14H2;2-9,11,17H,10,12H2,1H3;2*5-8H,4H2,1-3H3;6-8H,3-5H2,1-2H3;3-5H,1-2H3;3-4H,1-2H3/t;;2*7?,8-;8-;;/m..101../s1. The number of carbonyl (C=O) groups excluding carboxylic acids is 9. The van der Waals surface area contributed by atoms with Gasteiger partial charge in [-0.25, -0.2) is 29.5 Å². The molecule has 5 atom stereocenters. The number of benzene rings is 4. The van der Waals surface area contributed by atoms with E-state index in [1.54, 1.807) is 11.9 Å². The first-order chi connectivity index (χ1) is 48.6. The molecule has 1 saturated heterocycles. The van der Waals surface area contributed by atoms with E-state index in [1.807, 2.05) is 76.2 Å². The summed E-state index contributed by atoms with van der Waals surface area (Å²) in [6.07, 6.45) is 17.2. The van der Waals surface area contributed by atoms with E-state index in [1.165, 1.54) is 87.3 Å². The number of rotatable bonds is 23. The Hall–Kier alpha value is -10.1. The van der Waals surface area contributed by atoms with Crippen molar-refractivity contribution in [1.29, 1.82) is 0 Å². The van der Waals surface area contributed by atoms with Crippen molar-refractivity contribution in [3.05, 3.63) is 191 Å². The molecule has 101 heavy (non-hydrogen) atoms. The Balaban J connectivity index is 0.000000222. The maximum absolute atomic E-state index is 12.4. The molecule has 4 aromatic carbocycles. The lowest BCUT2D eigenvalue weighted by molar-refractivity contribution is -0.112. The first kappa shape index (κ1) is 81.6. The van der Waals surface area contributed by atoms with Crippen LogP contribution in [0.5, 0.6) is 0 Å². The van der Waals surface area contributed by atoms with E-state index in [2.05, 4.69) is 124 Å². The highest BCUT2D eigenvalue weighted by atomic mass is 16.6. The van der Waals surface area contributed by atoms with Crippen molar-refractivity contribution < 1.29 is 70.3 Å². The molecular weight excluding hydrogens is 1280 g/mol. The Morgan fingerprint density at radius 1 is 0.525 bits per heavy atom. The van der Waals surface area contributed by atoms with Gasteiger partial charge >= 0.3 is 12.2 Å². The molecule has 2 unspecified atom stereocenters. The number of fused-ring (bicyclic) bond motifs is 6. The van der Waals surface area contributed by atoms with Crippen LogP contribution in [0.25, 0.3) is 22.3 Å². The van der Waals surface area contributed by atoms with Crippen molar-refractivity contribution in [2.75, 3.05) is 39.9 Å². The second kappa shape index (κ2) is 42.8. The van der Waals surface area contributed by atoms with Crippen LogP contribution in [0.3, 0.4) is 0 Å². The predicted molar refractivity (Wildman–Crippen MR) is 385 cm³/mol. The molecule has 540 valence electrons. The number of piperidine rings is 1. The number of ether oxygens (including phenoxy) is 2. The number of unbranched alkanes of at least 4 members (excludes halogenated alkanes) is 1. The lowest BCUT2D eigenvalue weighted by Crippen LogP contribution is -2.39. The number of aromatic nitrogens is 4. The van der Waals surface area contributed by atoms with Gasteiger partial charge in [0.25, 0.3) is 0 Å². The third-order valence-electron chi connectivity index (χ3n) is 17.9. The zero-order valence-corrected chi connectivity index (χ0v) is 60.7. The minimum atomic E-state index is -0.478. The number of likely N-dealkylation sites (tertiary alicyclic amines) is 1. The molecule has 5 heterocycles. The van der Waals surface area contributed by atoms with E-state index in [4.69, 9.17) is 27.1 Å². The SMILES string of the molecule is CC(C)C=O.CC(C)c1nc(C=O)co1.CCC(C)[C@@H](C)c1nc(C=O)co1.CCC(C)[C@H](C)c1nc(C=O)co1.CCCC[C@@H](C)c1nc(C=O)co1.CN(CC=O)C(=O)OCC1c2ccccc2-c2ccccc21.O=CC1CCN(C(=O)OCC2c3ccccc3-c3ccccc32)CC1. The number of oxazole rings is 4. The molecule has 21 heteroatoms. The molecule has 11 rings (SSSR count). The fourth-order valence-corrected chi connectivity index (χ4v) is 11.0. The predicted octanol–water partition coefficient (Wildman–Crippen LogP) is 17.4. The first-order valence-electron chi connectivity index (χ1n) is 34.8. The number of carbonyl (C=O) groups is 9. The number of hydrogen-bond donors (Lipinski definition) is 0. The summed E-state index contributed by atoms with van der Waals surface area (Å²) in [4.78, 5) is 115.